The SMILES string of the molecule is CCNC(=O)OCC(=O)Nc1ccc(C2=NNC(=O)CC2)cc1. The van der Waals surface area contributed by atoms with E-state index in [0.717, 1.165) is 11.3 Å². The normalized spacial score (nSPS) is 13.6. The van der Waals surface area contributed by atoms with E-state index in [9.17, 15) is 14.4 Å². The van der Waals surface area contributed by atoms with E-state index in [-0.39, 0.29) is 12.5 Å². The minimum atomic E-state index is -0.629. The van der Waals surface area contributed by atoms with Crippen LogP contribution in [-0.2, 0) is 14.3 Å². The molecule has 0 spiro atoms. The number of carbonyl (C=O) groups excluding carboxylic acids is 3. The zero-order valence-corrected chi connectivity index (χ0v) is 12.7. The molecule has 0 radical (unpaired) electrons. The highest BCUT2D eigenvalue weighted by Gasteiger charge is 2.13. The molecule has 0 saturated heterocycles. The fourth-order valence-corrected chi connectivity index (χ4v) is 1.95. The zero-order valence-electron chi connectivity index (χ0n) is 12.7. The first-order chi connectivity index (χ1) is 11.1. The van der Waals surface area contributed by atoms with Crippen molar-refractivity contribution in [2.75, 3.05) is 18.5 Å². The Morgan fingerprint density at radius 2 is 2.00 bits per heavy atom. The van der Waals surface area contributed by atoms with E-state index >= 15 is 0 Å². The molecule has 1 aliphatic rings. The molecule has 0 aromatic heterocycles. The summed E-state index contributed by atoms with van der Waals surface area (Å²) in [6.45, 7) is 1.84. The number of amides is 3. The molecule has 122 valence electrons. The van der Waals surface area contributed by atoms with Crippen molar-refractivity contribution in [3.8, 4) is 0 Å². The van der Waals surface area contributed by atoms with Gasteiger partial charge >= 0.3 is 6.09 Å². The van der Waals surface area contributed by atoms with Gasteiger partial charge in [-0.15, -0.1) is 0 Å². The molecule has 1 aromatic carbocycles. The van der Waals surface area contributed by atoms with E-state index in [0.29, 0.717) is 25.1 Å². The van der Waals surface area contributed by atoms with E-state index in [1.807, 2.05) is 0 Å². The molecular formula is C15H18N4O4. The number of benzene rings is 1. The summed E-state index contributed by atoms with van der Waals surface area (Å²) in [7, 11) is 0. The largest absolute Gasteiger partial charge is 0.439 e. The molecule has 0 aliphatic carbocycles. The fraction of sp³-hybridized carbons (Fsp3) is 0.333. The van der Waals surface area contributed by atoms with Crippen molar-refractivity contribution in [2.24, 2.45) is 5.10 Å². The van der Waals surface area contributed by atoms with Crippen LogP contribution in [-0.4, -0.2) is 36.8 Å². The lowest BCUT2D eigenvalue weighted by atomic mass is 10.0. The van der Waals surface area contributed by atoms with Crippen molar-refractivity contribution >= 4 is 29.3 Å². The highest BCUT2D eigenvalue weighted by Crippen LogP contribution is 2.14. The van der Waals surface area contributed by atoms with Crippen LogP contribution in [0.15, 0.2) is 29.4 Å². The van der Waals surface area contributed by atoms with Gasteiger partial charge in [-0.1, -0.05) is 12.1 Å². The van der Waals surface area contributed by atoms with Crippen LogP contribution in [0.5, 0.6) is 0 Å². The third-order valence-electron chi connectivity index (χ3n) is 3.06. The Morgan fingerprint density at radius 3 is 2.61 bits per heavy atom. The number of anilines is 1. The van der Waals surface area contributed by atoms with Crippen molar-refractivity contribution in [1.29, 1.82) is 0 Å². The summed E-state index contributed by atoms with van der Waals surface area (Å²) in [4.78, 5) is 33.8. The number of carbonyl (C=O) groups is 3. The lowest BCUT2D eigenvalue weighted by molar-refractivity contribution is -0.121. The molecular weight excluding hydrogens is 300 g/mol. The minimum absolute atomic E-state index is 0.0928. The number of nitrogens with zero attached hydrogens (tertiary/aromatic N) is 1. The second-order valence-electron chi connectivity index (χ2n) is 4.83. The third-order valence-corrected chi connectivity index (χ3v) is 3.06. The Morgan fingerprint density at radius 1 is 1.26 bits per heavy atom. The van der Waals surface area contributed by atoms with Crippen molar-refractivity contribution in [3.63, 3.8) is 0 Å². The van der Waals surface area contributed by atoms with Gasteiger partial charge in [-0.3, -0.25) is 9.59 Å². The molecule has 2 rings (SSSR count). The molecule has 8 nitrogen and oxygen atoms in total. The standard InChI is InChI=1S/C15H18N4O4/c1-2-16-15(22)23-9-14(21)17-11-5-3-10(4-6-11)12-7-8-13(20)19-18-12/h3-6H,2,7-9H2,1H3,(H,16,22)(H,17,21)(H,19,20). The first kappa shape index (κ1) is 16.5. The molecule has 1 aromatic rings. The van der Waals surface area contributed by atoms with Crippen LogP contribution in [0.1, 0.15) is 25.3 Å². The number of hydrogen-bond acceptors (Lipinski definition) is 5. The molecule has 23 heavy (non-hydrogen) atoms. The molecule has 0 unspecified atom stereocenters. The maximum absolute atomic E-state index is 11.7. The van der Waals surface area contributed by atoms with Crippen LogP contribution >= 0.6 is 0 Å². The fourth-order valence-electron chi connectivity index (χ4n) is 1.95. The van der Waals surface area contributed by atoms with Gasteiger partial charge in [-0.05, 0) is 24.6 Å². The van der Waals surface area contributed by atoms with Crippen molar-refractivity contribution < 1.29 is 19.1 Å². The number of nitrogens with one attached hydrogen (secondary N) is 3. The number of hydrazone groups is 1. The van der Waals surface area contributed by atoms with Crippen LogP contribution < -0.4 is 16.1 Å². The number of hydrogen-bond donors (Lipinski definition) is 3. The van der Waals surface area contributed by atoms with Gasteiger partial charge in [0.05, 0.1) is 5.71 Å². The summed E-state index contributed by atoms with van der Waals surface area (Å²) in [5.74, 6) is -0.518. The first-order valence-electron chi connectivity index (χ1n) is 7.25. The second-order valence-corrected chi connectivity index (χ2v) is 4.83. The van der Waals surface area contributed by atoms with Crippen LogP contribution in [0, 0.1) is 0 Å². The predicted octanol–water partition coefficient (Wildman–Crippen LogP) is 0.985. The van der Waals surface area contributed by atoms with Crippen LogP contribution in [0.25, 0.3) is 0 Å². The van der Waals surface area contributed by atoms with Gasteiger partial charge < -0.3 is 15.4 Å². The summed E-state index contributed by atoms with van der Waals surface area (Å²) in [5.41, 5.74) is 4.69. The molecule has 1 heterocycles. The number of alkyl carbamates (subject to hydrolysis) is 1. The molecule has 0 saturated carbocycles. The Bertz CT molecular complexity index is 625. The van der Waals surface area contributed by atoms with E-state index in [1.54, 1.807) is 31.2 Å². The van der Waals surface area contributed by atoms with E-state index in [2.05, 4.69) is 21.2 Å². The van der Waals surface area contributed by atoms with Gasteiger partial charge in [-0.2, -0.15) is 5.10 Å². The summed E-state index contributed by atoms with van der Waals surface area (Å²) < 4.78 is 4.72. The number of rotatable bonds is 5. The average molecular weight is 318 g/mol. The molecule has 3 amide bonds. The lowest BCUT2D eigenvalue weighted by Crippen LogP contribution is -2.28. The smallest absolute Gasteiger partial charge is 0.407 e. The van der Waals surface area contributed by atoms with Gasteiger partial charge in [0.15, 0.2) is 6.61 Å². The topological polar surface area (TPSA) is 109 Å². The summed E-state index contributed by atoms with van der Waals surface area (Å²) in [6.07, 6.45) is 0.363. The van der Waals surface area contributed by atoms with Gasteiger partial charge in [0.25, 0.3) is 5.91 Å². The maximum atomic E-state index is 11.7. The van der Waals surface area contributed by atoms with E-state index < -0.39 is 12.0 Å². The molecule has 3 N–H and O–H groups in total. The Labute approximate surface area is 133 Å². The van der Waals surface area contributed by atoms with Crippen molar-refractivity contribution in [2.45, 2.75) is 19.8 Å². The summed E-state index contributed by atoms with van der Waals surface area (Å²) >= 11 is 0. The highest BCUT2D eigenvalue weighted by atomic mass is 16.6. The van der Waals surface area contributed by atoms with Crippen molar-refractivity contribution in [3.05, 3.63) is 29.8 Å². The zero-order chi connectivity index (χ0) is 16.7. The van der Waals surface area contributed by atoms with Gasteiger partial charge in [0.2, 0.25) is 5.91 Å². The van der Waals surface area contributed by atoms with Crippen LogP contribution in [0.3, 0.4) is 0 Å². The lowest BCUT2D eigenvalue weighted by Gasteiger charge is -2.12. The monoisotopic (exact) mass is 318 g/mol. The molecule has 0 atom stereocenters. The highest BCUT2D eigenvalue weighted by molar-refractivity contribution is 6.04. The van der Waals surface area contributed by atoms with Gasteiger partial charge in [0.1, 0.15) is 0 Å². The minimum Gasteiger partial charge on any atom is -0.439 e. The predicted molar refractivity (Wildman–Crippen MR) is 84.0 cm³/mol. The molecule has 8 heteroatoms. The van der Waals surface area contributed by atoms with E-state index in [4.69, 9.17) is 4.74 Å². The third kappa shape index (κ3) is 5.10. The maximum Gasteiger partial charge on any atom is 0.407 e. The Balaban J connectivity index is 1.86. The molecule has 0 bridgehead atoms. The number of ether oxygens (including phenoxy) is 1. The first-order valence-corrected chi connectivity index (χ1v) is 7.25. The second kappa shape index (κ2) is 7.92. The molecule has 1 aliphatic heterocycles. The van der Waals surface area contributed by atoms with Crippen molar-refractivity contribution in [1.82, 2.24) is 10.7 Å². The van der Waals surface area contributed by atoms with Gasteiger partial charge in [0, 0.05) is 25.1 Å². The Kier molecular flexibility index (Phi) is 5.67. The van der Waals surface area contributed by atoms with Crippen LogP contribution in [0.2, 0.25) is 0 Å². The summed E-state index contributed by atoms with van der Waals surface area (Å²) in [6, 6.07) is 7.05. The molecule has 0 fully saturated rings. The summed E-state index contributed by atoms with van der Waals surface area (Å²) in [5, 5.41) is 9.05. The van der Waals surface area contributed by atoms with E-state index in [1.165, 1.54) is 0 Å². The van der Waals surface area contributed by atoms with Gasteiger partial charge in [-0.25, -0.2) is 10.2 Å². The van der Waals surface area contributed by atoms with Crippen LogP contribution in [0.4, 0.5) is 10.5 Å². The quantitative estimate of drug-likeness (QED) is 0.752. The average Bonchev–Trinajstić information content (AvgIpc) is 2.55. The Hall–Kier alpha value is -2.90.